The second kappa shape index (κ2) is 10.8. The number of hydrogen-bond donors (Lipinski definition) is 6. The molecular formula is C25H28Cl3N7O7. The van der Waals surface area contributed by atoms with Crippen LogP contribution in [0.2, 0.25) is 0 Å². The Hall–Kier alpha value is -3.30. The number of likely N-dealkylation sites (tertiary alicyclic amines) is 1. The van der Waals surface area contributed by atoms with Crippen LogP contribution in [0, 0.1) is 6.92 Å². The molecule has 0 aliphatic carbocycles. The van der Waals surface area contributed by atoms with Crippen LogP contribution in [0.4, 0.5) is 4.79 Å². The number of ether oxygens (including phenoxy) is 1. The van der Waals surface area contributed by atoms with Crippen LogP contribution in [0.5, 0.6) is 0 Å². The van der Waals surface area contributed by atoms with Crippen LogP contribution in [0.1, 0.15) is 28.8 Å². The number of halogens is 3. The second-order valence-electron chi connectivity index (χ2n) is 10.5. The van der Waals surface area contributed by atoms with E-state index in [1.54, 1.807) is 24.3 Å². The third-order valence-corrected chi connectivity index (χ3v) is 7.97. The van der Waals surface area contributed by atoms with Gasteiger partial charge in [0.1, 0.15) is 12.6 Å². The number of guanidine groups is 1. The number of aliphatic hydroxyl groups is 2. The first-order chi connectivity index (χ1) is 19.6. The van der Waals surface area contributed by atoms with Gasteiger partial charge in [0.2, 0.25) is 27.4 Å². The van der Waals surface area contributed by atoms with Crippen LogP contribution in [0.3, 0.4) is 0 Å². The van der Waals surface area contributed by atoms with Crippen molar-refractivity contribution in [1.29, 1.82) is 0 Å². The molecule has 4 amide bonds. The summed E-state index contributed by atoms with van der Waals surface area (Å²) in [7, 11) is 0. The zero-order chi connectivity index (χ0) is 30.6. The predicted octanol–water partition coefficient (Wildman–Crippen LogP) is -0.198. The minimum atomic E-state index is -2.73. The van der Waals surface area contributed by atoms with Crippen molar-refractivity contribution < 1.29 is 34.1 Å². The van der Waals surface area contributed by atoms with Gasteiger partial charge in [-0.15, -0.1) is 4.99 Å². The Morgan fingerprint density at radius 3 is 2.43 bits per heavy atom. The molecule has 1 spiro atoms. The lowest BCUT2D eigenvalue weighted by Crippen LogP contribution is -2.81. The van der Waals surface area contributed by atoms with Crippen molar-refractivity contribution >= 4 is 64.6 Å². The highest BCUT2D eigenvalue weighted by Crippen LogP contribution is 2.44. The molecule has 4 aliphatic rings. The Kier molecular flexibility index (Phi) is 7.73. The first-order valence-corrected chi connectivity index (χ1v) is 14.0. The number of imide groups is 1. The summed E-state index contributed by atoms with van der Waals surface area (Å²) in [6.07, 6.45) is -1.11. The van der Waals surface area contributed by atoms with Gasteiger partial charge < -0.3 is 41.1 Å². The Bertz CT molecular complexity index is 1350. The van der Waals surface area contributed by atoms with E-state index in [0.29, 0.717) is 0 Å². The van der Waals surface area contributed by atoms with Crippen LogP contribution in [-0.2, 0) is 14.3 Å². The Balaban J connectivity index is 1.52. The summed E-state index contributed by atoms with van der Waals surface area (Å²) < 4.78 is 3.03. The van der Waals surface area contributed by atoms with E-state index in [-0.39, 0.29) is 43.3 Å². The van der Waals surface area contributed by atoms with Gasteiger partial charge >= 0.3 is 6.09 Å². The number of benzene rings is 1. The third kappa shape index (κ3) is 5.33. The zero-order valence-electron chi connectivity index (χ0n) is 22.2. The molecule has 226 valence electrons. The number of nitrogens with one attached hydrogen (secondary N) is 4. The van der Waals surface area contributed by atoms with Crippen molar-refractivity contribution in [3.8, 4) is 0 Å². The fourth-order valence-electron chi connectivity index (χ4n) is 5.70. The zero-order valence-corrected chi connectivity index (χ0v) is 24.5. The third-order valence-electron chi connectivity index (χ3n) is 7.64. The molecule has 0 unspecified atom stereocenters. The van der Waals surface area contributed by atoms with Crippen molar-refractivity contribution in [2.24, 2.45) is 4.99 Å². The number of hydrogen-bond acceptors (Lipinski definition) is 9. The molecule has 1 aromatic carbocycles. The summed E-state index contributed by atoms with van der Waals surface area (Å²) >= 11 is 17.0. The first-order valence-electron chi connectivity index (χ1n) is 12.9. The predicted molar refractivity (Wildman–Crippen MR) is 150 cm³/mol. The number of carbonyl (C=O) groups excluding carboxylic acids is 4. The van der Waals surface area contributed by atoms with E-state index in [2.05, 4.69) is 32.8 Å². The van der Waals surface area contributed by atoms with Gasteiger partial charge in [-0.3, -0.25) is 19.3 Å². The maximum Gasteiger partial charge on any atom is 0.436 e. The number of nitrogens with zero attached hydrogens (tertiary/aromatic N) is 3. The molecule has 0 aromatic heterocycles. The summed E-state index contributed by atoms with van der Waals surface area (Å²) in [4.78, 5) is 57.0. The molecule has 6 N–H and O–H groups in total. The number of amides is 4. The lowest BCUT2D eigenvalue weighted by molar-refractivity contribution is -0.232. The molecular weight excluding hydrogens is 617 g/mol. The normalized spacial score (nSPS) is 29.0. The molecule has 4 heterocycles. The van der Waals surface area contributed by atoms with Crippen LogP contribution in [-0.4, -0.2) is 103 Å². The summed E-state index contributed by atoms with van der Waals surface area (Å²) in [6.45, 7) is 4.63. The van der Waals surface area contributed by atoms with E-state index >= 15 is 0 Å². The van der Waals surface area contributed by atoms with Gasteiger partial charge in [-0.2, -0.15) is 0 Å². The van der Waals surface area contributed by atoms with Crippen molar-refractivity contribution in [3.05, 3.63) is 47.8 Å². The monoisotopic (exact) mass is 643 g/mol. The van der Waals surface area contributed by atoms with Gasteiger partial charge in [0.15, 0.2) is 5.66 Å². The molecule has 0 bridgehead atoms. The summed E-state index contributed by atoms with van der Waals surface area (Å²) in [5.74, 6) is -4.16. The van der Waals surface area contributed by atoms with Crippen molar-refractivity contribution in [2.45, 2.75) is 53.1 Å². The Morgan fingerprint density at radius 2 is 1.81 bits per heavy atom. The van der Waals surface area contributed by atoms with E-state index in [4.69, 9.17) is 39.5 Å². The van der Waals surface area contributed by atoms with E-state index in [1.165, 1.54) is 4.90 Å². The highest BCUT2D eigenvalue weighted by atomic mass is 35.6. The molecule has 42 heavy (non-hydrogen) atoms. The van der Waals surface area contributed by atoms with Gasteiger partial charge in [0.25, 0.3) is 5.91 Å². The molecule has 4 atom stereocenters. The molecule has 0 radical (unpaired) electrons. The largest absolute Gasteiger partial charge is 0.443 e. The van der Waals surface area contributed by atoms with Gasteiger partial charge in [-0.1, -0.05) is 59.1 Å². The number of rotatable bonds is 5. The molecule has 4 saturated heterocycles. The van der Waals surface area contributed by atoms with Crippen LogP contribution in [0.15, 0.2) is 41.7 Å². The average Bonchev–Trinajstić information content (AvgIpc) is 3.50. The molecule has 17 heteroatoms. The SMILES string of the molecule is C=C1N[C@H]2[C@H](CN3C(=O)CCC3=O)N/C(=N\C(=O)OCC(Cl)(Cl)Cl)N3C[C@H](NC(=O)c4ccc(C)cc4)C(O)(O)[C@]23N1. The Labute approximate surface area is 255 Å². The van der Waals surface area contributed by atoms with Crippen molar-refractivity contribution in [1.82, 2.24) is 31.1 Å². The fraction of sp³-hybridized carbons (Fsp3) is 0.480. The maximum atomic E-state index is 13.1. The number of aryl methyl sites for hydroxylation is 1. The van der Waals surface area contributed by atoms with E-state index in [9.17, 15) is 29.4 Å². The van der Waals surface area contributed by atoms with Crippen LogP contribution in [0.25, 0.3) is 0 Å². The quantitative estimate of drug-likeness (QED) is 0.142. The molecule has 4 fully saturated rings. The summed E-state index contributed by atoms with van der Waals surface area (Å²) in [5.41, 5.74) is -0.687. The number of aliphatic imine (C=N–C) groups is 1. The van der Waals surface area contributed by atoms with Gasteiger partial charge in [0.05, 0.1) is 24.4 Å². The highest BCUT2D eigenvalue weighted by Gasteiger charge is 2.74. The fourth-order valence-corrected chi connectivity index (χ4v) is 5.87. The van der Waals surface area contributed by atoms with Crippen LogP contribution < -0.4 is 21.3 Å². The molecule has 4 aliphatic heterocycles. The van der Waals surface area contributed by atoms with Crippen molar-refractivity contribution in [3.63, 3.8) is 0 Å². The van der Waals surface area contributed by atoms with Crippen molar-refractivity contribution in [2.75, 3.05) is 19.7 Å². The summed E-state index contributed by atoms with van der Waals surface area (Å²) in [6, 6.07) is 3.42. The van der Waals surface area contributed by atoms with Gasteiger partial charge in [-0.05, 0) is 19.1 Å². The average molecular weight is 645 g/mol. The number of alkyl halides is 3. The maximum absolute atomic E-state index is 13.1. The smallest absolute Gasteiger partial charge is 0.436 e. The second-order valence-corrected chi connectivity index (χ2v) is 13.0. The first kappa shape index (κ1) is 30.2. The molecule has 1 aromatic rings. The molecule has 14 nitrogen and oxygen atoms in total. The lowest BCUT2D eigenvalue weighted by atomic mass is 9.84. The topological polar surface area (TPSA) is 185 Å². The van der Waals surface area contributed by atoms with Gasteiger partial charge in [0, 0.05) is 24.9 Å². The minimum absolute atomic E-state index is 0.0349. The lowest BCUT2D eigenvalue weighted by Gasteiger charge is -2.52. The summed E-state index contributed by atoms with van der Waals surface area (Å²) in [5, 5.41) is 35.2. The number of carbonyl (C=O) groups is 4. The standard InChI is InChI=1S/C25H28Cl3N7O7/c1-12-3-5-14(6-4-12)20(38)31-16-10-35-21(32-22(39)42-11-23(26,27)28)30-15(9-34-17(36)7-8-18(34)37)19-24(35,25(16,40)41)33-13(2)29-19/h3-6,15-16,19,29,33,40-41H,2,7-11H2,1H3,(H,31,38)(H,30,32,39)/t15-,16-,19-,24-/m0/s1. The highest BCUT2D eigenvalue weighted by molar-refractivity contribution is 6.67. The van der Waals surface area contributed by atoms with Gasteiger partial charge in [-0.25, -0.2) is 4.79 Å². The molecule has 0 saturated carbocycles. The minimum Gasteiger partial charge on any atom is -0.443 e. The Morgan fingerprint density at radius 1 is 1.17 bits per heavy atom. The van der Waals surface area contributed by atoms with E-state index < -0.39 is 63.8 Å². The van der Waals surface area contributed by atoms with Crippen LogP contribution >= 0.6 is 34.8 Å². The van der Waals surface area contributed by atoms with E-state index in [0.717, 1.165) is 10.5 Å². The molecule has 5 rings (SSSR count). The van der Waals surface area contributed by atoms with E-state index in [1.807, 2.05) is 6.92 Å².